The summed E-state index contributed by atoms with van der Waals surface area (Å²) in [5.74, 6) is 0.978. The number of nitrogens with zero attached hydrogens (tertiary/aromatic N) is 1. The third kappa shape index (κ3) is 4.67. The summed E-state index contributed by atoms with van der Waals surface area (Å²) in [7, 11) is 0. The number of nitrogen functional groups attached to an aromatic ring is 1. The second kappa shape index (κ2) is 7.94. The summed E-state index contributed by atoms with van der Waals surface area (Å²) in [4.78, 5) is 30.4. The van der Waals surface area contributed by atoms with Gasteiger partial charge in [-0.25, -0.2) is 4.98 Å². The van der Waals surface area contributed by atoms with Crippen LogP contribution in [0.3, 0.4) is 0 Å². The number of hydrogen-bond donors (Lipinski definition) is 4. The van der Waals surface area contributed by atoms with Crippen molar-refractivity contribution in [3.8, 4) is 0 Å². The van der Waals surface area contributed by atoms with Crippen LogP contribution < -0.4 is 21.9 Å². The highest BCUT2D eigenvalue weighted by atomic mass is 16.1. The van der Waals surface area contributed by atoms with Crippen LogP contribution in [-0.2, 0) is 6.42 Å². The quantitative estimate of drug-likeness (QED) is 0.642. The molecule has 1 amide bonds. The number of anilines is 1. The van der Waals surface area contributed by atoms with Gasteiger partial charge in [0.1, 0.15) is 11.6 Å². The lowest BCUT2D eigenvalue weighted by Crippen LogP contribution is -2.29. The van der Waals surface area contributed by atoms with Gasteiger partial charge in [-0.15, -0.1) is 0 Å². The molecule has 7 nitrogen and oxygen atoms in total. The number of carbonyl (C=O) groups excluding carboxylic acids is 1. The Labute approximate surface area is 146 Å². The Balaban J connectivity index is 1.58. The number of aromatic nitrogens is 2. The van der Waals surface area contributed by atoms with Crippen LogP contribution in [0, 0.1) is 0 Å². The normalized spacial score (nSPS) is 17.2. The van der Waals surface area contributed by atoms with E-state index in [2.05, 4.69) is 26.7 Å². The zero-order valence-corrected chi connectivity index (χ0v) is 14.0. The summed E-state index contributed by atoms with van der Waals surface area (Å²) in [5, 5.41) is 6.26. The highest BCUT2D eigenvalue weighted by Gasteiger charge is 2.16. The van der Waals surface area contributed by atoms with Crippen LogP contribution in [0.1, 0.15) is 40.5 Å². The third-order valence-corrected chi connectivity index (χ3v) is 4.37. The molecule has 1 aromatic carbocycles. The second-order valence-electron chi connectivity index (χ2n) is 6.29. The summed E-state index contributed by atoms with van der Waals surface area (Å²) in [5.41, 5.74) is 7.10. The van der Waals surface area contributed by atoms with Gasteiger partial charge in [0.2, 0.25) is 0 Å². The van der Waals surface area contributed by atoms with Crippen LogP contribution in [-0.4, -0.2) is 35.5 Å². The summed E-state index contributed by atoms with van der Waals surface area (Å²) in [6, 6.07) is 9.02. The lowest BCUT2D eigenvalue weighted by Gasteiger charge is -2.23. The molecule has 1 atom stereocenters. The third-order valence-electron chi connectivity index (χ3n) is 4.37. The van der Waals surface area contributed by atoms with Gasteiger partial charge in [0.25, 0.3) is 11.5 Å². The average Bonchev–Trinajstić information content (AvgIpc) is 2.62. The number of hydrogen-bond acceptors (Lipinski definition) is 5. The Morgan fingerprint density at radius 1 is 1.36 bits per heavy atom. The highest BCUT2D eigenvalue weighted by Crippen LogP contribution is 2.23. The number of benzene rings is 1. The molecular formula is C18H23N5O2. The zero-order valence-electron chi connectivity index (χ0n) is 14.0. The molecule has 1 aromatic heterocycles. The Bertz CT molecular complexity index is 796. The van der Waals surface area contributed by atoms with Gasteiger partial charge < -0.3 is 21.4 Å². The van der Waals surface area contributed by atoms with Crippen molar-refractivity contribution in [1.29, 1.82) is 0 Å². The van der Waals surface area contributed by atoms with Crippen LogP contribution in [0.15, 0.2) is 35.1 Å². The molecule has 2 aromatic rings. The Hall–Kier alpha value is -2.67. The number of rotatable bonds is 5. The van der Waals surface area contributed by atoms with Crippen molar-refractivity contribution in [3.05, 3.63) is 57.6 Å². The first-order chi connectivity index (χ1) is 12.1. The maximum atomic E-state index is 12.4. The molecule has 1 saturated heterocycles. The van der Waals surface area contributed by atoms with E-state index in [0.717, 1.165) is 25.9 Å². The van der Waals surface area contributed by atoms with E-state index in [0.29, 0.717) is 30.3 Å². The molecule has 132 valence electrons. The SMILES string of the molecule is Nc1cc(=O)[nH]c(CCNC(=O)c2cccc([C@H]3CCCNC3)c2)n1. The van der Waals surface area contributed by atoms with Crippen LogP contribution in [0.2, 0.25) is 0 Å². The zero-order chi connectivity index (χ0) is 17.6. The fourth-order valence-corrected chi connectivity index (χ4v) is 3.11. The fourth-order valence-electron chi connectivity index (χ4n) is 3.11. The largest absolute Gasteiger partial charge is 0.383 e. The van der Waals surface area contributed by atoms with Crippen molar-refractivity contribution >= 4 is 11.7 Å². The molecule has 1 fully saturated rings. The predicted octanol–water partition coefficient (Wildman–Crippen LogP) is 0.792. The van der Waals surface area contributed by atoms with Crippen LogP contribution in [0.4, 0.5) is 5.82 Å². The summed E-state index contributed by atoms with van der Waals surface area (Å²) < 4.78 is 0. The van der Waals surface area contributed by atoms with E-state index in [1.165, 1.54) is 11.6 Å². The molecule has 0 bridgehead atoms. The molecule has 7 heteroatoms. The monoisotopic (exact) mass is 341 g/mol. The van der Waals surface area contributed by atoms with Crippen molar-refractivity contribution in [2.75, 3.05) is 25.4 Å². The van der Waals surface area contributed by atoms with E-state index in [4.69, 9.17) is 5.73 Å². The first kappa shape index (κ1) is 17.2. The lowest BCUT2D eigenvalue weighted by molar-refractivity contribution is 0.0954. The van der Waals surface area contributed by atoms with Crippen molar-refractivity contribution in [2.24, 2.45) is 0 Å². The van der Waals surface area contributed by atoms with E-state index in [1.807, 2.05) is 18.2 Å². The van der Waals surface area contributed by atoms with Crippen LogP contribution >= 0.6 is 0 Å². The van der Waals surface area contributed by atoms with Crippen molar-refractivity contribution in [3.63, 3.8) is 0 Å². The molecule has 3 rings (SSSR count). The number of H-pyrrole nitrogens is 1. The molecule has 25 heavy (non-hydrogen) atoms. The van der Waals surface area contributed by atoms with Gasteiger partial charge in [-0.1, -0.05) is 12.1 Å². The first-order valence-electron chi connectivity index (χ1n) is 8.56. The minimum absolute atomic E-state index is 0.128. The number of aromatic amines is 1. The Morgan fingerprint density at radius 3 is 3.00 bits per heavy atom. The van der Waals surface area contributed by atoms with Gasteiger partial charge in [-0.3, -0.25) is 9.59 Å². The maximum Gasteiger partial charge on any atom is 0.252 e. The van der Waals surface area contributed by atoms with Gasteiger partial charge >= 0.3 is 0 Å². The number of nitrogens with two attached hydrogens (primary N) is 1. The van der Waals surface area contributed by atoms with E-state index < -0.39 is 0 Å². The van der Waals surface area contributed by atoms with Gasteiger partial charge in [0, 0.05) is 31.1 Å². The minimum atomic E-state index is -0.289. The molecule has 0 radical (unpaired) electrons. The van der Waals surface area contributed by atoms with E-state index in [-0.39, 0.29) is 17.3 Å². The highest BCUT2D eigenvalue weighted by molar-refractivity contribution is 5.94. The van der Waals surface area contributed by atoms with Gasteiger partial charge in [-0.2, -0.15) is 0 Å². The molecule has 0 saturated carbocycles. The molecule has 0 unspecified atom stereocenters. The second-order valence-corrected chi connectivity index (χ2v) is 6.29. The molecule has 2 heterocycles. The summed E-state index contributed by atoms with van der Waals surface area (Å²) in [6.45, 7) is 2.40. The fraction of sp³-hybridized carbons (Fsp3) is 0.389. The summed E-state index contributed by atoms with van der Waals surface area (Å²) in [6.07, 6.45) is 2.72. The van der Waals surface area contributed by atoms with Gasteiger partial charge in [0.05, 0.1) is 0 Å². The van der Waals surface area contributed by atoms with Crippen molar-refractivity contribution < 1.29 is 4.79 Å². The number of piperidine rings is 1. The van der Waals surface area contributed by atoms with E-state index in [9.17, 15) is 9.59 Å². The number of nitrogens with one attached hydrogen (secondary N) is 3. The topological polar surface area (TPSA) is 113 Å². The molecule has 0 spiro atoms. The smallest absolute Gasteiger partial charge is 0.252 e. The van der Waals surface area contributed by atoms with Gasteiger partial charge in [0.15, 0.2) is 0 Å². The number of amides is 1. The molecule has 5 N–H and O–H groups in total. The molecule has 0 aliphatic carbocycles. The van der Waals surface area contributed by atoms with Crippen LogP contribution in [0.25, 0.3) is 0 Å². The average molecular weight is 341 g/mol. The van der Waals surface area contributed by atoms with Crippen molar-refractivity contribution in [2.45, 2.75) is 25.2 Å². The number of carbonyl (C=O) groups is 1. The van der Waals surface area contributed by atoms with Crippen molar-refractivity contribution in [1.82, 2.24) is 20.6 Å². The lowest BCUT2D eigenvalue weighted by atomic mass is 9.90. The Morgan fingerprint density at radius 2 is 2.24 bits per heavy atom. The Kier molecular flexibility index (Phi) is 5.45. The van der Waals surface area contributed by atoms with E-state index in [1.54, 1.807) is 0 Å². The molecule has 1 aliphatic heterocycles. The minimum Gasteiger partial charge on any atom is -0.383 e. The molecule has 1 aliphatic rings. The molecular weight excluding hydrogens is 318 g/mol. The maximum absolute atomic E-state index is 12.4. The van der Waals surface area contributed by atoms with Gasteiger partial charge in [-0.05, 0) is 43.0 Å². The predicted molar refractivity (Wildman–Crippen MR) is 96.6 cm³/mol. The summed E-state index contributed by atoms with van der Waals surface area (Å²) >= 11 is 0. The van der Waals surface area contributed by atoms with Crippen LogP contribution in [0.5, 0.6) is 0 Å². The van der Waals surface area contributed by atoms with E-state index >= 15 is 0 Å². The standard InChI is InChI=1S/C18H23N5O2/c19-15-10-17(24)23-16(22-15)6-8-21-18(25)13-4-1-3-12(9-13)14-5-2-7-20-11-14/h1,3-4,9-10,14,20H,2,5-8,11H2,(H,21,25)(H3,19,22,23,24)/t14-/m0/s1. The first-order valence-corrected chi connectivity index (χ1v) is 8.56.